The molecule has 0 aliphatic rings. The van der Waals surface area contributed by atoms with Gasteiger partial charge in [0, 0.05) is 32.6 Å². The van der Waals surface area contributed by atoms with Gasteiger partial charge in [0.05, 0.1) is 16.4 Å². The van der Waals surface area contributed by atoms with Crippen molar-refractivity contribution in [1.82, 2.24) is 9.97 Å². The van der Waals surface area contributed by atoms with Gasteiger partial charge in [-0.2, -0.15) is 0 Å². The van der Waals surface area contributed by atoms with E-state index in [1.165, 1.54) is 0 Å². The Labute approximate surface area is 166 Å². The summed E-state index contributed by atoms with van der Waals surface area (Å²) < 4.78 is 0. The van der Waals surface area contributed by atoms with Crippen molar-refractivity contribution in [3.8, 4) is 0 Å². The minimum atomic E-state index is 0.0296. The first kappa shape index (κ1) is 16.8. The molecular formula is C23H16ClN3O. The molecule has 2 heterocycles. The van der Waals surface area contributed by atoms with Crippen LogP contribution in [-0.2, 0) is 0 Å². The van der Waals surface area contributed by atoms with Crippen LogP contribution >= 0.6 is 11.6 Å². The van der Waals surface area contributed by atoms with Crippen LogP contribution < -0.4 is 5.32 Å². The van der Waals surface area contributed by atoms with Crippen LogP contribution in [0.3, 0.4) is 0 Å². The molecule has 0 bridgehead atoms. The van der Waals surface area contributed by atoms with E-state index in [0.717, 1.165) is 44.2 Å². The summed E-state index contributed by atoms with van der Waals surface area (Å²) in [6.07, 6.45) is 0. The number of rotatable bonds is 3. The van der Waals surface area contributed by atoms with Gasteiger partial charge in [0.1, 0.15) is 5.82 Å². The van der Waals surface area contributed by atoms with Crippen LogP contribution in [0.1, 0.15) is 17.3 Å². The molecule has 0 saturated carbocycles. The number of benzene rings is 3. The normalized spacial score (nSPS) is 11.4. The summed E-state index contributed by atoms with van der Waals surface area (Å²) in [5.41, 5.74) is 4.34. The van der Waals surface area contributed by atoms with Gasteiger partial charge < -0.3 is 10.3 Å². The van der Waals surface area contributed by atoms with Gasteiger partial charge in [-0.15, -0.1) is 0 Å². The van der Waals surface area contributed by atoms with Gasteiger partial charge in [0.25, 0.3) is 0 Å². The van der Waals surface area contributed by atoms with Crippen LogP contribution in [0.2, 0.25) is 5.02 Å². The van der Waals surface area contributed by atoms with Crippen molar-refractivity contribution < 1.29 is 4.79 Å². The number of hydrogen-bond donors (Lipinski definition) is 2. The van der Waals surface area contributed by atoms with E-state index in [2.05, 4.69) is 16.4 Å². The summed E-state index contributed by atoms with van der Waals surface area (Å²) in [4.78, 5) is 20.1. The van der Waals surface area contributed by atoms with Crippen molar-refractivity contribution in [1.29, 1.82) is 0 Å². The van der Waals surface area contributed by atoms with E-state index < -0.39 is 0 Å². The zero-order valence-electron chi connectivity index (χ0n) is 15.1. The second kappa shape index (κ2) is 6.36. The Kier molecular flexibility index (Phi) is 3.81. The highest BCUT2D eigenvalue weighted by molar-refractivity contribution is 6.32. The number of ketones is 1. The molecule has 0 radical (unpaired) electrons. The van der Waals surface area contributed by atoms with Gasteiger partial charge in [0.2, 0.25) is 0 Å². The topological polar surface area (TPSA) is 57.8 Å². The summed E-state index contributed by atoms with van der Waals surface area (Å²) in [6.45, 7) is 1.56. The lowest BCUT2D eigenvalue weighted by atomic mass is 10.1. The second-order valence-electron chi connectivity index (χ2n) is 6.80. The molecule has 0 amide bonds. The molecule has 5 heteroatoms. The lowest BCUT2D eigenvalue weighted by Crippen LogP contribution is -1.98. The Morgan fingerprint density at radius 3 is 2.71 bits per heavy atom. The number of pyridine rings is 1. The molecular weight excluding hydrogens is 370 g/mol. The maximum absolute atomic E-state index is 11.7. The SMILES string of the molecule is CC(=O)c1cccc(Nc2nc3ccc(Cl)cc3c3[nH]c4ccccc4c23)c1. The number of Topliss-reactive ketones (excluding diaryl/α,β-unsaturated/α-hetero) is 1. The van der Waals surface area contributed by atoms with Crippen LogP contribution in [0.5, 0.6) is 0 Å². The number of anilines is 2. The predicted octanol–water partition coefficient (Wildman–Crippen LogP) is 6.47. The summed E-state index contributed by atoms with van der Waals surface area (Å²) in [5, 5.41) is 7.13. The third kappa shape index (κ3) is 2.70. The minimum absolute atomic E-state index is 0.0296. The fourth-order valence-electron chi connectivity index (χ4n) is 3.62. The number of nitrogens with zero attached hydrogens (tertiary/aromatic N) is 1. The highest BCUT2D eigenvalue weighted by atomic mass is 35.5. The maximum atomic E-state index is 11.7. The first-order valence-corrected chi connectivity index (χ1v) is 9.36. The lowest BCUT2D eigenvalue weighted by molar-refractivity contribution is 0.101. The number of aromatic nitrogens is 2. The molecule has 0 spiro atoms. The lowest BCUT2D eigenvalue weighted by Gasteiger charge is -2.11. The van der Waals surface area contributed by atoms with Crippen molar-refractivity contribution in [2.24, 2.45) is 0 Å². The van der Waals surface area contributed by atoms with E-state index in [4.69, 9.17) is 16.6 Å². The Hall–Kier alpha value is -3.37. The van der Waals surface area contributed by atoms with Gasteiger partial charge in [-0.25, -0.2) is 4.98 Å². The number of carbonyl (C=O) groups excluding carboxylic acids is 1. The Bertz CT molecular complexity index is 1390. The van der Waals surface area contributed by atoms with Crippen molar-refractivity contribution >= 4 is 61.6 Å². The van der Waals surface area contributed by atoms with Crippen molar-refractivity contribution in [3.63, 3.8) is 0 Å². The molecule has 28 heavy (non-hydrogen) atoms. The van der Waals surface area contributed by atoms with Gasteiger partial charge in [-0.1, -0.05) is 41.9 Å². The van der Waals surface area contributed by atoms with Crippen molar-refractivity contribution in [2.45, 2.75) is 6.92 Å². The Morgan fingerprint density at radius 2 is 1.86 bits per heavy atom. The van der Waals surface area contributed by atoms with Crippen LogP contribution in [0, 0.1) is 0 Å². The fraction of sp³-hybridized carbons (Fsp3) is 0.0435. The molecule has 5 aromatic rings. The molecule has 0 saturated heterocycles. The van der Waals surface area contributed by atoms with E-state index in [1.54, 1.807) is 6.92 Å². The van der Waals surface area contributed by atoms with E-state index in [1.807, 2.05) is 60.7 Å². The standard InChI is InChI=1S/C23H16ClN3O/c1-13(28)14-5-4-6-16(11-14)25-23-21-17-7-2-3-8-19(17)26-22(21)18-12-15(24)9-10-20(18)27-23/h2-12,26H,1H3,(H,25,27). The van der Waals surface area contributed by atoms with Gasteiger partial charge >= 0.3 is 0 Å². The molecule has 136 valence electrons. The Balaban J connectivity index is 1.80. The molecule has 5 rings (SSSR count). The number of H-pyrrole nitrogens is 1. The van der Waals surface area contributed by atoms with Crippen LogP contribution in [0.25, 0.3) is 32.7 Å². The summed E-state index contributed by atoms with van der Waals surface area (Å²) in [6, 6.07) is 21.3. The molecule has 2 aromatic heterocycles. The summed E-state index contributed by atoms with van der Waals surface area (Å²) in [5.74, 6) is 0.768. The first-order chi connectivity index (χ1) is 13.6. The van der Waals surface area contributed by atoms with Crippen molar-refractivity contribution in [3.05, 3.63) is 77.3 Å². The molecule has 0 fully saturated rings. The fourth-order valence-corrected chi connectivity index (χ4v) is 3.79. The number of hydrogen-bond acceptors (Lipinski definition) is 3. The smallest absolute Gasteiger partial charge is 0.159 e. The van der Waals surface area contributed by atoms with E-state index >= 15 is 0 Å². The Morgan fingerprint density at radius 1 is 1.00 bits per heavy atom. The molecule has 4 nitrogen and oxygen atoms in total. The number of para-hydroxylation sites is 1. The number of aromatic amines is 1. The van der Waals surface area contributed by atoms with Gasteiger partial charge in [-0.05, 0) is 43.3 Å². The molecule has 0 atom stereocenters. The number of nitrogens with one attached hydrogen (secondary N) is 2. The number of fused-ring (bicyclic) bond motifs is 5. The van der Waals surface area contributed by atoms with Crippen LogP contribution in [0.15, 0.2) is 66.7 Å². The average Bonchev–Trinajstić information content (AvgIpc) is 3.09. The van der Waals surface area contributed by atoms with Crippen LogP contribution in [-0.4, -0.2) is 15.8 Å². The average molecular weight is 386 g/mol. The molecule has 0 unspecified atom stereocenters. The molecule has 3 aromatic carbocycles. The first-order valence-electron chi connectivity index (χ1n) is 8.98. The maximum Gasteiger partial charge on any atom is 0.159 e. The largest absolute Gasteiger partial charge is 0.354 e. The number of halogens is 1. The predicted molar refractivity (Wildman–Crippen MR) is 116 cm³/mol. The molecule has 0 aliphatic carbocycles. The van der Waals surface area contributed by atoms with Crippen molar-refractivity contribution in [2.75, 3.05) is 5.32 Å². The van der Waals surface area contributed by atoms with Crippen LogP contribution in [0.4, 0.5) is 11.5 Å². The minimum Gasteiger partial charge on any atom is -0.354 e. The summed E-state index contributed by atoms with van der Waals surface area (Å²) >= 11 is 6.25. The second-order valence-corrected chi connectivity index (χ2v) is 7.24. The van der Waals surface area contributed by atoms with E-state index in [0.29, 0.717) is 10.6 Å². The van der Waals surface area contributed by atoms with E-state index in [-0.39, 0.29) is 5.78 Å². The molecule has 2 N–H and O–H groups in total. The van der Waals surface area contributed by atoms with E-state index in [9.17, 15) is 4.79 Å². The highest BCUT2D eigenvalue weighted by Crippen LogP contribution is 2.37. The zero-order valence-corrected chi connectivity index (χ0v) is 15.8. The summed E-state index contributed by atoms with van der Waals surface area (Å²) in [7, 11) is 0. The highest BCUT2D eigenvalue weighted by Gasteiger charge is 2.15. The quantitative estimate of drug-likeness (QED) is 0.350. The third-order valence-electron chi connectivity index (χ3n) is 4.93. The third-order valence-corrected chi connectivity index (χ3v) is 5.17. The number of carbonyl (C=O) groups is 1. The van der Waals surface area contributed by atoms with Gasteiger partial charge in [-0.3, -0.25) is 4.79 Å². The zero-order chi connectivity index (χ0) is 19.3. The molecule has 0 aliphatic heterocycles. The monoisotopic (exact) mass is 385 g/mol. The van der Waals surface area contributed by atoms with Gasteiger partial charge in [0.15, 0.2) is 5.78 Å².